The fourth-order valence-electron chi connectivity index (χ4n) is 2.73. The van der Waals surface area contributed by atoms with Gasteiger partial charge in [0.2, 0.25) is 0 Å². The molecule has 0 aromatic heterocycles. The molecule has 1 N–H and O–H groups in total. The second-order valence-electron chi connectivity index (χ2n) is 5.53. The van der Waals surface area contributed by atoms with Crippen molar-refractivity contribution in [2.45, 2.75) is 46.1 Å². The Morgan fingerprint density at radius 1 is 1.33 bits per heavy atom. The molecule has 0 fully saturated rings. The van der Waals surface area contributed by atoms with Crippen LogP contribution in [0.4, 0.5) is 0 Å². The molecular weight excluding hydrogens is 222 g/mol. The molecule has 0 aliphatic carbocycles. The highest BCUT2D eigenvalue weighted by molar-refractivity contribution is 5.44. The Bertz CT molecular complexity index is 387. The first-order chi connectivity index (χ1) is 8.72. The van der Waals surface area contributed by atoms with E-state index in [4.69, 9.17) is 4.74 Å². The molecule has 0 bridgehead atoms. The van der Waals surface area contributed by atoms with E-state index in [0.29, 0.717) is 12.0 Å². The van der Waals surface area contributed by atoms with Crippen molar-refractivity contribution in [3.05, 3.63) is 29.3 Å². The van der Waals surface area contributed by atoms with Crippen molar-refractivity contribution in [2.24, 2.45) is 5.92 Å². The number of fused-ring (bicyclic) bond motifs is 1. The van der Waals surface area contributed by atoms with Gasteiger partial charge in [0.25, 0.3) is 0 Å². The van der Waals surface area contributed by atoms with Crippen molar-refractivity contribution in [1.82, 2.24) is 5.32 Å². The molecule has 0 saturated carbocycles. The van der Waals surface area contributed by atoms with Gasteiger partial charge in [-0.05, 0) is 37.3 Å². The summed E-state index contributed by atoms with van der Waals surface area (Å²) in [6.07, 6.45) is 3.46. The summed E-state index contributed by atoms with van der Waals surface area (Å²) in [5.74, 6) is 1.84. The Labute approximate surface area is 111 Å². The molecule has 1 aromatic carbocycles. The van der Waals surface area contributed by atoms with Crippen LogP contribution in [0, 0.1) is 5.92 Å². The first-order valence-corrected chi connectivity index (χ1v) is 7.20. The average molecular weight is 247 g/mol. The third-order valence-corrected chi connectivity index (χ3v) is 3.50. The molecule has 0 radical (unpaired) electrons. The van der Waals surface area contributed by atoms with Gasteiger partial charge >= 0.3 is 0 Å². The smallest absolute Gasteiger partial charge is 0.127 e. The Morgan fingerprint density at radius 3 is 2.89 bits per heavy atom. The number of aryl methyl sites for hydroxylation is 1. The molecule has 100 valence electrons. The molecule has 2 rings (SSSR count). The normalized spacial score (nSPS) is 16.2. The minimum Gasteiger partial charge on any atom is -0.493 e. The first-order valence-electron chi connectivity index (χ1n) is 7.20. The van der Waals surface area contributed by atoms with Crippen molar-refractivity contribution in [3.8, 4) is 5.75 Å². The largest absolute Gasteiger partial charge is 0.493 e. The number of hydrogen-bond acceptors (Lipinski definition) is 2. The van der Waals surface area contributed by atoms with Crippen LogP contribution in [0.2, 0.25) is 0 Å². The van der Waals surface area contributed by atoms with Crippen LogP contribution < -0.4 is 10.1 Å². The van der Waals surface area contributed by atoms with Crippen LogP contribution in [-0.2, 0) is 6.42 Å². The van der Waals surface area contributed by atoms with Gasteiger partial charge in [0.1, 0.15) is 5.75 Å². The average Bonchev–Trinajstić information content (AvgIpc) is 2.37. The monoisotopic (exact) mass is 247 g/mol. The van der Waals surface area contributed by atoms with Gasteiger partial charge in [-0.3, -0.25) is 0 Å². The van der Waals surface area contributed by atoms with E-state index in [0.717, 1.165) is 38.2 Å². The molecule has 2 heteroatoms. The summed E-state index contributed by atoms with van der Waals surface area (Å²) in [5.41, 5.74) is 2.73. The third-order valence-electron chi connectivity index (χ3n) is 3.50. The molecule has 18 heavy (non-hydrogen) atoms. The van der Waals surface area contributed by atoms with E-state index in [1.807, 2.05) is 0 Å². The maximum Gasteiger partial charge on any atom is 0.127 e. The van der Waals surface area contributed by atoms with Crippen molar-refractivity contribution in [1.29, 1.82) is 0 Å². The Balaban J connectivity index is 2.28. The fraction of sp³-hybridized carbons (Fsp3) is 0.625. The lowest BCUT2D eigenvalue weighted by molar-refractivity contribution is 0.279. The van der Waals surface area contributed by atoms with E-state index in [9.17, 15) is 0 Å². The fourth-order valence-corrected chi connectivity index (χ4v) is 2.73. The quantitative estimate of drug-likeness (QED) is 0.856. The van der Waals surface area contributed by atoms with Crippen molar-refractivity contribution in [3.63, 3.8) is 0 Å². The number of benzene rings is 1. The van der Waals surface area contributed by atoms with Gasteiger partial charge in [-0.15, -0.1) is 0 Å². The number of ether oxygens (including phenoxy) is 1. The molecule has 0 saturated heterocycles. The summed E-state index contributed by atoms with van der Waals surface area (Å²) in [7, 11) is 0. The molecule has 1 atom stereocenters. The Kier molecular flexibility index (Phi) is 4.65. The zero-order chi connectivity index (χ0) is 13.0. The van der Waals surface area contributed by atoms with E-state index < -0.39 is 0 Å². The summed E-state index contributed by atoms with van der Waals surface area (Å²) in [4.78, 5) is 0. The van der Waals surface area contributed by atoms with Crippen LogP contribution in [0.15, 0.2) is 18.2 Å². The zero-order valence-corrected chi connectivity index (χ0v) is 11.8. The maximum atomic E-state index is 5.92. The van der Waals surface area contributed by atoms with Crippen LogP contribution >= 0.6 is 0 Å². The summed E-state index contributed by atoms with van der Waals surface area (Å²) in [5, 5.41) is 3.60. The number of hydrogen-bond donors (Lipinski definition) is 1. The van der Waals surface area contributed by atoms with Crippen molar-refractivity contribution < 1.29 is 4.74 Å². The highest BCUT2D eigenvalue weighted by atomic mass is 16.5. The van der Waals surface area contributed by atoms with Gasteiger partial charge in [0, 0.05) is 11.6 Å². The zero-order valence-electron chi connectivity index (χ0n) is 11.8. The van der Waals surface area contributed by atoms with E-state index in [1.54, 1.807) is 0 Å². The van der Waals surface area contributed by atoms with Gasteiger partial charge in [-0.2, -0.15) is 0 Å². The van der Waals surface area contributed by atoms with E-state index in [2.05, 4.69) is 44.3 Å². The first kappa shape index (κ1) is 13.4. The van der Waals surface area contributed by atoms with Crippen LogP contribution in [0.3, 0.4) is 0 Å². The lowest BCUT2D eigenvalue weighted by atomic mass is 9.93. The predicted octanol–water partition coefficient (Wildman–Crippen LogP) is 3.71. The minimum atomic E-state index is 0.419. The predicted molar refractivity (Wildman–Crippen MR) is 76.1 cm³/mol. The lowest BCUT2D eigenvalue weighted by Gasteiger charge is -2.26. The van der Waals surface area contributed by atoms with E-state index in [-0.39, 0.29) is 0 Å². The SMILES string of the molecule is CCNC(CC(C)C)c1cccc2c1OCCC2. The molecule has 0 amide bonds. The molecule has 1 unspecified atom stereocenters. The summed E-state index contributed by atoms with van der Waals surface area (Å²) in [6.45, 7) is 8.59. The summed E-state index contributed by atoms with van der Waals surface area (Å²) >= 11 is 0. The van der Waals surface area contributed by atoms with Crippen LogP contribution in [0.5, 0.6) is 5.75 Å². The highest BCUT2D eigenvalue weighted by Gasteiger charge is 2.21. The van der Waals surface area contributed by atoms with Gasteiger partial charge in [-0.1, -0.05) is 39.0 Å². The van der Waals surface area contributed by atoms with Gasteiger partial charge in [-0.25, -0.2) is 0 Å². The van der Waals surface area contributed by atoms with Gasteiger partial charge in [0.05, 0.1) is 6.61 Å². The van der Waals surface area contributed by atoms with Crippen LogP contribution in [-0.4, -0.2) is 13.2 Å². The molecule has 0 spiro atoms. The molecule has 1 heterocycles. The molecule has 2 nitrogen and oxygen atoms in total. The van der Waals surface area contributed by atoms with Crippen LogP contribution in [0.25, 0.3) is 0 Å². The molecule has 1 aromatic rings. The number of para-hydroxylation sites is 1. The maximum absolute atomic E-state index is 5.92. The Morgan fingerprint density at radius 2 is 2.17 bits per heavy atom. The van der Waals surface area contributed by atoms with Gasteiger partial charge < -0.3 is 10.1 Å². The standard InChI is InChI=1S/C16H25NO/c1-4-17-15(11-12(2)3)14-9-5-7-13-8-6-10-18-16(13)14/h5,7,9,12,15,17H,4,6,8,10-11H2,1-3H3. The molecule has 1 aliphatic heterocycles. The minimum absolute atomic E-state index is 0.419. The highest BCUT2D eigenvalue weighted by Crippen LogP contribution is 2.35. The van der Waals surface area contributed by atoms with Crippen molar-refractivity contribution in [2.75, 3.05) is 13.2 Å². The van der Waals surface area contributed by atoms with Gasteiger partial charge in [0.15, 0.2) is 0 Å². The second-order valence-corrected chi connectivity index (χ2v) is 5.53. The second kappa shape index (κ2) is 6.24. The van der Waals surface area contributed by atoms with E-state index in [1.165, 1.54) is 11.1 Å². The molecule has 1 aliphatic rings. The molecular formula is C16H25NO. The topological polar surface area (TPSA) is 21.3 Å². The lowest BCUT2D eigenvalue weighted by Crippen LogP contribution is -2.24. The van der Waals surface area contributed by atoms with E-state index >= 15 is 0 Å². The number of nitrogens with one attached hydrogen (secondary N) is 1. The third kappa shape index (κ3) is 3.05. The summed E-state index contributed by atoms with van der Waals surface area (Å²) < 4.78 is 5.92. The Hall–Kier alpha value is -1.02. The summed E-state index contributed by atoms with van der Waals surface area (Å²) in [6, 6.07) is 7.02. The van der Waals surface area contributed by atoms with Crippen molar-refractivity contribution >= 4 is 0 Å². The van der Waals surface area contributed by atoms with Crippen LogP contribution in [0.1, 0.15) is 50.8 Å². The number of rotatable bonds is 5.